The van der Waals surface area contributed by atoms with Crippen LogP contribution in [0.5, 0.6) is 11.5 Å². The van der Waals surface area contributed by atoms with Crippen LogP contribution >= 0.6 is 0 Å². The largest absolute Gasteiger partial charge is 0.456 e. The zero-order valence-corrected chi connectivity index (χ0v) is 16.4. The maximum atomic E-state index is 11.0. The average Bonchev–Trinajstić information content (AvgIpc) is 2.75. The third-order valence-electron chi connectivity index (χ3n) is 5.16. The van der Waals surface area contributed by atoms with E-state index >= 15 is 0 Å². The Hall–Kier alpha value is -4.00. The molecule has 1 heterocycles. The van der Waals surface area contributed by atoms with Crippen molar-refractivity contribution in [1.29, 1.82) is 10.5 Å². The molecule has 1 aliphatic rings. The second-order valence-electron chi connectivity index (χ2n) is 7.29. The normalized spacial score (nSPS) is 13.9. The Kier molecular flexibility index (Phi) is 5.02. The molecule has 148 valence electrons. The van der Waals surface area contributed by atoms with Gasteiger partial charge in [-0.25, -0.2) is 0 Å². The number of hydrogen-bond acceptors (Lipinski definition) is 6. The Morgan fingerprint density at radius 2 is 1.87 bits per heavy atom. The fourth-order valence-corrected chi connectivity index (χ4v) is 3.65. The van der Waals surface area contributed by atoms with Crippen LogP contribution in [0.15, 0.2) is 48.5 Å². The van der Waals surface area contributed by atoms with Gasteiger partial charge in [0, 0.05) is 29.3 Å². The average molecular weight is 396 g/mol. The van der Waals surface area contributed by atoms with Crippen LogP contribution in [-0.2, 0) is 6.42 Å². The lowest BCUT2D eigenvalue weighted by Crippen LogP contribution is -2.13. The molecule has 0 fully saturated rings. The molecule has 6 heteroatoms. The van der Waals surface area contributed by atoms with E-state index in [4.69, 9.17) is 21.0 Å². The standard InChI is InChI=1S/C24H20N4O2/c1-14-9-16(3-2-8-25)10-19-23(29)18-11-20(27)21(12-22(18)30-24(14)19)28-17-6-4-15(13-26)5-7-17/h4-7,9-12,23,28-29H,2-3,27H2,1H3. The number of nitriles is 2. The van der Waals surface area contributed by atoms with Gasteiger partial charge < -0.3 is 20.9 Å². The molecule has 0 radical (unpaired) electrons. The number of ether oxygens (including phenoxy) is 1. The molecular formula is C24H20N4O2. The van der Waals surface area contributed by atoms with Gasteiger partial charge in [0.1, 0.15) is 17.6 Å². The molecule has 1 atom stereocenters. The molecule has 1 aliphatic heterocycles. The van der Waals surface area contributed by atoms with Crippen molar-refractivity contribution in [2.45, 2.75) is 25.9 Å². The molecule has 0 amide bonds. The topological polar surface area (TPSA) is 115 Å². The van der Waals surface area contributed by atoms with Crippen molar-refractivity contribution in [3.05, 3.63) is 76.3 Å². The molecule has 0 bridgehead atoms. The predicted octanol–water partition coefficient (Wildman–Crippen LogP) is 4.84. The first-order valence-electron chi connectivity index (χ1n) is 9.57. The molecule has 0 saturated heterocycles. The van der Waals surface area contributed by atoms with E-state index in [1.165, 1.54) is 0 Å². The van der Waals surface area contributed by atoms with E-state index in [1.54, 1.807) is 36.4 Å². The van der Waals surface area contributed by atoms with Gasteiger partial charge in [-0.05, 0) is 60.9 Å². The smallest absolute Gasteiger partial charge is 0.136 e. The number of rotatable bonds is 4. The van der Waals surface area contributed by atoms with Crippen LogP contribution in [0.3, 0.4) is 0 Å². The van der Waals surface area contributed by atoms with Crippen molar-refractivity contribution in [2.24, 2.45) is 0 Å². The first kappa shape index (κ1) is 19.3. The van der Waals surface area contributed by atoms with Crippen molar-refractivity contribution < 1.29 is 9.84 Å². The number of nitrogens with zero attached hydrogens (tertiary/aromatic N) is 2. The number of aryl methyl sites for hydroxylation is 2. The molecule has 0 spiro atoms. The minimum Gasteiger partial charge on any atom is -0.456 e. The van der Waals surface area contributed by atoms with Crippen LogP contribution < -0.4 is 15.8 Å². The molecule has 30 heavy (non-hydrogen) atoms. The summed E-state index contributed by atoms with van der Waals surface area (Å²) in [6.07, 6.45) is 0.179. The minimum atomic E-state index is -0.865. The summed E-state index contributed by atoms with van der Waals surface area (Å²) in [5.74, 6) is 1.16. The molecule has 1 unspecified atom stereocenters. The van der Waals surface area contributed by atoms with E-state index in [0.29, 0.717) is 52.4 Å². The summed E-state index contributed by atoms with van der Waals surface area (Å²) < 4.78 is 6.14. The molecular weight excluding hydrogens is 376 g/mol. The third-order valence-corrected chi connectivity index (χ3v) is 5.16. The Bertz CT molecular complexity index is 1200. The third kappa shape index (κ3) is 3.53. The molecule has 4 N–H and O–H groups in total. The van der Waals surface area contributed by atoms with Gasteiger partial charge >= 0.3 is 0 Å². The van der Waals surface area contributed by atoms with Gasteiger partial charge in [0.2, 0.25) is 0 Å². The van der Waals surface area contributed by atoms with Gasteiger partial charge in [-0.2, -0.15) is 10.5 Å². The SMILES string of the molecule is Cc1cc(CCC#N)cc2c1Oc1cc(Nc3ccc(C#N)cc3)c(N)cc1C2O. The molecule has 3 aromatic rings. The highest BCUT2D eigenvalue weighted by Crippen LogP contribution is 2.47. The van der Waals surface area contributed by atoms with Crippen LogP contribution in [0.2, 0.25) is 0 Å². The summed E-state index contributed by atoms with van der Waals surface area (Å²) in [6.45, 7) is 1.93. The van der Waals surface area contributed by atoms with Gasteiger partial charge in [-0.3, -0.25) is 0 Å². The van der Waals surface area contributed by atoms with Crippen LogP contribution in [-0.4, -0.2) is 5.11 Å². The van der Waals surface area contributed by atoms with Crippen molar-refractivity contribution in [2.75, 3.05) is 11.1 Å². The fraction of sp³-hybridized carbons (Fsp3) is 0.167. The van der Waals surface area contributed by atoms with Crippen molar-refractivity contribution in [3.8, 4) is 23.6 Å². The lowest BCUT2D eigenvalue weighted by Gasteiger charge is -2.28. The quantitative estimate of drug-likeness (QED) is 0.544. The first-order chi connectivity index (χ1) is 14.5. The van der Waals surface area contributed by atoms with E-state index < -0.39 is 6.10 Å². The summed E-state index contributed by atoms with van der Waals surface area (Å²) in [6, 6.07) is 18.7. The summed E-state index contributed by atoms with van der Waals surface area (Å²) in [4.78, 5) is 0. The monoisotopic (exact) mass is 396 g/mol. The van der Waals surface area contributed by atoms with E-state index in [2.05, 4.69) is 17.5 Å². The van der Waals surface area contributed by atoms with Gasteiger partial charge in [-0.15, -0.1) is 0 Å². The predicted molar refractivity (Wildman–Crippen MR) is 115 cm³/mol. The van der Waals surface area contributed by atoms with E-state index in [0.717, 1.165) is 16.8 Å². The highest BCUT2D eigenvalue weighted by Gasteiger charge is 2.28. The summed E-state index contributed by atoms with van der Waals surface area (Å²) in [5, 5.41) is 32.0. The number of hydrogen-bond donors (Lipinski definition) is 3. The molecule has 6 nitrogen and oxygen atoms in total. The molecule has 0 aliphatic carbocycles. The second-order valence-corrected chi connectivity index (χ2v) is 7.29. The number of benzene rings is 3. The molecule has 3 aromatic carbocycles. The van der Waals surface area contributed by atoms with Crippen LogP contribution in [0.4, 0.5) is 17.1 Å². The van der Waals surface area contributed by atoms with Crippen LogP contribution in [0, 0.1) is 29.6 Å². The number of aliphatic hydroxyl groups excluding tert-OH is 1. The van der Waals surface area contributed by atoms with E-state index in [1.807, 2.05) is 19.1 Å². The minimum absolute atomic E-state index is 0.420. The second kappa shape index (κ2) is 7.79. The van der Waals surface area contributed by atoms with Gasteiger partial charge in [0.15, 0.2) is 0 Å². The number of nitrogens with two attached hydrogens (primary N) is 1. The number of anilines is 3. The maximum absolute atomic E-state index is 11.0. The number of aliphatic hydroxyl groups is 1. The Morgan fingerprint density at radius 3 is 2.57 bits per heavy atom. The summed E-state index contributed by atoms with van der Waals surface area (Å²) in [7, 11) is 0. The van der Waals surface area contributed by atoms with Gasteiger partial charge in [-0.1, -0.05) is 6.07 Å². The zero-order valence-electron chi connectivity index (χ0n) is 16.4. The number of nitrogens with one attached hydrogen (secondary N) is 1. The Balaban J connectivity index is 1.68. The van der Waals surface area contributed by atoms with Crippen molar-refractivity contribution >= 4 is 17.1 Å². The number of nitrogen functional groups attached to an aromatic ring is 1. The Labute approximate surface area is 174 Å². The lowest BCUT2D eigenvalue weighted by atomic mass is 9.92. The highest BCUT2D eigenvalue weighted by atomic mass is 16.5. The van der Waals surface area contributed by atoms with Crippen molar-refractivity contribution in [3.63, 3.8) is 0 Å². The fourth-order valence-electron chi connectivity index (χ4n) is 3.65. The van der Waals surface area contributed by atoms with E-state index in [-0.39, 0.29) is 0 Å². The van der Waals surface area contributed by atoms with Crippen LogP contribution in [0.25, 0.3) is 0 Å². The van der Waals surface area contributed by atoms with Crippen LogP contribution in [0.1, 0.15) is 40.3 Å². The maximum Gasteiger partial charge on any atom is 0.136 e. The van der Waals surface area contributed by atoms with Gasteiger partial charge in [0.25, 0.3) is 0 Å². The zero-order chi connectivity index (χ0) is 21.3. The highest BCUT2D eigenvalue weighted by molar-refractivity contribution is 5.77. The summed E-state index contributed by atoms with van der Waals surface area (Å²) in [5.41, 5.74) is 11.9. The van der Waals surface area contributed by atoms with E-state index in [9.17, 15) is 5.11 Å². The molecule has 4 rings (SSSR count). The van der Waals surface area contributed by atoms with Gasteiger partial charge in [0.05, 0.1) is 29.1 Å². The summed E-state index contributed by atoms with van der Waals surface area (Å²) >= 11 is 0. The van der Waals surface area contributed by atoms with Crippen molar-refractivity contribution in [1.82, 2.24) is 0 Å². The number of fused-ring (bicyclic) bond motifs is 2. The first-order valence-corrected chi connectivity index (χ1v) is 9.57. The molecule has 0 aromatic heterocycles. The molecule has 0 saturated carbocycles. The lowest BCUT2D eigenvalue weighted by molar-refractivity contribution is 0.202. The Morgan fingerprint density at radius 1 is 1.10 bits per heavy atom.